The fourth-order valence-electron chi connectivity index (χ4n) is 2.74. The number of benzene rings is 1. The number of aryl methyl sites for hydroxylation is 2. The number of amides is 1. The molecule has 1 aromatic rings. The maximum absolute atomic E-state index is 12.7. The minimum absolute atomic E-state index is 0.0873. The van der Waals surface area contributed by atoms with Crippen molar-refractivity contribution in [2.45, 2.75) is 66.4 Å². The zero-order valence-corrected chi connectivity index (χ0v) is 15.4. The maximum Gasteiger partial charge on any atom is 0.256 e. The first kappa shape index (κ1) is 19.5. The molecule has 0 fully saturated rings. The topological polar surface area (TPSA) is 47.6 Å². The van der Waals surface area contributed by atoms with Gasteiger partial charge < -0.3 is 14.8 Å². The summed E-state index contributed by atoms with van der Waals surface area (Å²) in [6, 6.07) is 3.89. The van der Waals surface area contributed by atoms with Gasteiger partial charge in [-0.2, -0.15) is 0 Å². The molecule has 0 saturated heterocycles. The summed E-state index contributed by atoms with van der Waals surface area (Å²) < 4.78 is 11.4. The molecule has 0 aromatic heterocycles. The van der Waals surface area contributed by atoms with E-state index in [9.17, 15) is 4.79 Å². The third kappa shape index (κ3) is 5.24. The van der Waals surface area contributed by atoms with Crippen molar-refractivity contribution in [1.29, 1.82) is 0 Å². The molecule has 0 aliphatic heterocycles. The van der Waals surface area contributed by atoms with E-state index in [2.05, 4.69) is 12.2 Å². The SMILES string of the molecule is CCCCC(C)(OCC)C(=O)Nc1cc(C)c(OCC)c(C)c1. The van der Waals surface area contributed by atoms with Crippen molar-refractivity contribution in [2.24, 2.45) is 0 Å². The van der Waals surface area contributed by atoms with Crippen molar-refractivity contribution in [3.05, 3.63) is 23.3 Å². The van der Waals surface area contributed by atoms with Gasteiger partial charge in [0.2, 0.25) is 0 Å². The van der Waals surface area contributed by atoms with Gasteiger partial charge in [-0.05, 0) is 64.3 Å². The Morgan fingerprint density at radius 1 is 1.13 bits per heavy atom. The van der Waals surface area contributed by atoms with E-state index in [4.69, 9.17) is 9.47 Å². The van der Waals surface area contributed by atoms with Gasteiger partial charge in [-0.25, -0.2) is 0 Å². The van der Waals surface area contributed by atoms with Crippen LogP contribution >= 0.6 is 0 Å². The second kappa shape index (κ2) is 8.92. The molecule has 0 bridgehead atoms. The number of hydrogen-bond donors (Lipinski definition) is 1. The van der Waals surface area contributed by atoms with Gasteiger partial charge in [-0.3, -0.25) is 4.79 Å². The first-order chi connectivity index (χ1) is 10.9. The largest absolute Gasteiger partial charge is 0.493 e. The smallest absolute Gasteiger partial charge is 0.256 e. The Hall–Kier alpha value is -1.55. The zero-order chi connectivity index (χ0) is 17.5. The lowest BCUT2D eigenvalue weighted by Gasteiger charge is -2.28. The monoisotopic (exact) mass is 321 g/mol. The van der Waals surface area contributed by atoms with Crippen LogP contribution in [-0.4, -0.2) is 24.7 Å². The van der Waals surface area contributed by atoms with Crippen molar-refractivity contribution in [3.63, 3.8) is 0 Å². The summed E-state index contributed by atoms with van der Waals surface area (Å²) in [5.41, 5.74) is 2.05. The van der Waals surface area contributed by atoms with Gasteiger partial charge >= 0.3 is 0 Å². The van der Waals surface area contributed by atoms with Crippen LogP contribution in [0.15, 0.2) is 12.1 Å². The molecule has 0 radical (unpaired) electrons. The second-order valence-electron chi connectivity index (χ2n) is 6.09. The van der Waals surface area contributed by atoms with E-state index in [0.717, 1.165) is 41.8 Å². The lowest BCUT2D eigenvalue weighted by molar-refractivity contribution is -0.139. The highest BCUT2D eigenvalue weighted by Gasteiger charge is 2.33. The average Bonchev–Trinajstić information content (AvgIpc) is 2.49. The Balaban J connectivity index is 2.94. The number of ether oxygens (including phenoxy) is 2. The number of rotatable bonds is 9. The summed E-state index contributed by atoms with van der Waals surface area (Å²) >= 11 is 0. The Labute approximate surface area is 140 Å². The fraction of sp³-hybridized carbons (Fsp3) is 0.632. The van der Waals surface area contributed by atoms with E-state index in [0.29, 0.717) is 13.2 Å². The average molecular weight is 321 g/mol. The van der Waals surface area contributed by atoms with Crippen molar-refractivity contribution in [3.8, 4) is 5.75 Å². The summed E-state index contributed by atoms with van der Waals surface area (Å²) in [6.45, 7) is 13.0. The van der Waals surface area contributed by atoms with Crippen molar-refractivity contribution in [1.82, 2.24) is 0 Å². The summed E-state index contributed by atoms with van der Waals surface area (Å²) in [4.78, 5) is 12.7. The summed E-state index contributed by atoms with van der Waals surface area (Å²) in [7, 11) is 0. The molecule has 0 aliphatic carbocycles. The number of anilines is 1. The first-order valence-electron chi connectivity index (χ1n) is 8.57. The van der Waals surface area contributed by atoms with E-state index >= 15 is 0 Å². The molecule has 0 saturated carbocycles. The van der Waals surface area contributed by atoms with Crippen LogP contribution in [-0.2, 0) is 9.53 Å². The van der Waals surface area contributed by atoms with E-state index < -0.39 is 5.60 Å². The minimum Gasteiger partial charge on any atom is -0.493 e. The molecule has 1 aromatic carbocycles. The molecule has 0 aliphatic rings. The van der Waals surface area contributed by atoms with Crippen LogP contribution in [0, 0.1) is 13.8 Å². The summed E-state index contributed by atoms with van der Waals surface area (Å²) in [5, 5.41) is 3.01. The molecule has 130 valence electrons. The van der Waals surface area contributed by atoms with Crippen molar-refractivity contribution >= 4 is 11.6 Å². The van der Waals surface area contributed by atoms with Gasteiger partial charge in [-0.15, -0.1) is 0 Å². The van der Waals surface area contributed by atoms with Crippen molar-refractivity contribution in [2.75, 3.05) is 18.5 Å². The Kier molecular flexibility index (Phi) is 7.56. The fourth-order valence-corrected chi connectivity index (χ4v) is 2.74. The number of unbranched alkanes of at least 4 members (excludes halogenated alkanes) is 1. The van der Waals surface area contributed by atoms with E-state index in [1.165, 1.54) is 0 Å². The van der Waals surface area contributed by atoms with E-state index in [1.54, 1.807) is 0 Å². The van der Waals surface area contributed by atoms with Gasteiger partial charge in [-0.1, -0.05) is 19.8 Å². The molecule has 23 heavy (non-hydrogen) atoms. The molecule has 0 heterocycles. The summed E-state index contributed by atoms with van der Waals surface area (Å²) in [5.74, 6) is 0.805. The van der Waals surface area contributed by atoms with Gasteiger partial charge in [0, 0.05) is 12.3 Å². The Bertz CT molecular complexity index is 504. The Morgan fingerprint density at radius 3 is 2.22 bits per heavy atom. The highest BCUT2D eigenvalue weighted by atomic mass is 16.5. The van der Waals surface area contributed by atoms with Crippen LogP contribution in [0.3, 0.4) is 0 Å². The zero-order valence-electron chi connectivity index (χ0n) is 15.4. The Morgan fingerprint density at radius 2 is 1.74 bits per heavy atom. The van der Waals surface area contributed by atoms with Gasteiger partial charge in [0.05, 0.1) is 6.61 Å². The predicted molar refractivity (Wildman–Crippen MR) is 95.3 cm³/mol. The molecular formula is C19H31NO3. The molecule has 0 spiro atoms. The molecule has 1 rings (SSSR count). The highest BCUT2D eigenvalue weighted by molar-refractivity contribution is 5.97. The normalized spacial score (nSPS) is 13.5. The number of hydrogen-bond acceptors (Lipinski definition) is 3. The van der Waals surface area contributed by atoms with Crippen LogP contribution in [0.25, 0.3) is 0 Å². The molecule has 1 unspecified atom stereocenters. The minimum atomic E-state index is -0.787. The van der Waals surface area contributed by atoms with E-state index in [-0.39, 0.29) is 5.91 Å². The summed E-state index contributed by atoms with van der Waals surface area (Å²) in [6.07, 6.45) is 2.72. The van der Waals surface area contributed by atoms with Gasteiger partial charge in [0.25, 0.3) is 5.91 Å². The molecule has 4 nitrogen and oxygen atoms in total. The number of carbonyl (C=O) groups excluding carboxylic acids is 1. The number of carbonyl (C=O) groups is 1. The standard InChI is InChI=1S/C19H31NO3/c1-7-10-11-19(6,23-9-3)18(21)20-16-12-14(4)17(22-8-2)15(5)13-16/h12-13H,7-11H2,1-6H3,(H,20,21). The first-order valence-corrected chi connectivity index (χ1v) is 8.57. The molecule has 1 amide bonds. The maximum atomic E-state index is 12.7. The molecule has 1 N–H and O–H groups in total. The van der Waals surface area contributed by atoms with Crippen LogP contribution in [0.2, 0.25) is 0 Å². The quantitative estimate of drug-likeness (QED) is 0.721. The molecule has 4 heteroatoms. The predicted octanol–water partition coefficient (Wildman–Crippen LogP) is 4.63. The third-order valence-electron chi connectivity index (χ3n) is 3.96. The third-order valence-corrected chi connectivity index (χ3v) is 3.96. The van der Waals surface area contributed by atoms with Crippen LogP contribution in [0.1, 0.15) is 58.1 Å². The highest BCUT2D eigenvalue weighted by Crippen LogP contribution is 2.28. The van der Waals surface area contributed by atoms with Crippen LogP contribution < -0.4 is 10.1 Å². The lowest BCUT2D eigenvalue weighted by Crippen LogP contribution is -2.42. The van der Waals surface area contributed by atoms with Crippen molar-refractivity contribution < 1.29 is 14.3 Å². The van der Waals surface area contributed by atoms with E-state index in [1.807, 2.05) is 46.8 Å². The van der Waals surface area contributed by atoms with Gasteiger partial charge in [0.1, 0.15) is 11.4 Å². The number of nitrogens with one attached hydrogen (secondary N) is 1. The van der Waals surface area contributed by atoms with Crippen LogP contribution in [0.4, 0.5) is 5.69 Å². The van der Waals surface area contributed by atoms with Gasteiger partial charge in [0.15, 0.2) is 0 Å². The lowest BCUT2D eigenvalue weighted by atomic mass is 9.97. The molecule has 1 atom stereocenters. The second-order valence-corrected chi connectivity index (χ2v) is 6.09. The molecular weight excluding hydrogens is 290 g/mol. The van der Waals surface area contributed by atoms with Crippen LogP contribution in [0.5, 0.6) is 5.75 Å².